The van der Waals surface area contributed by atoms with Crippen molar-refractivity contribution in [2.45, 2.75) is 20.0 Å². The number of fused-ring (bicyclic) bond motifs is 1. The summed E-state index contributed by atoms with van der Waals surface area (Å²) in [5.41, 5.74) is 2.20. The van der Waals surface area contributed by atoms with Gasteiger partial charge in [-0.25, -0.2) is 0 Å². The van der Waals surface area contributed by atoms with Crippen molar-refractivity contribution in [1.82, 2.24) is 10.3 Å². The van der Waals surface area contributed by atoms with E-state index in [1.807, 2.05) is 31.2 Å². The zero-order chi connectivity index (χ0) is 13.1. The second kappa shape index (κ2) is 5.14. The van der Waals surface area contributed by atoms with Crippen LogP contribution in [0.1, 0.15) is 23.0 Å². The number of amides is 1. The zero-order valence-electron chi connectivity index (χ0n) is 10.5. The van der Waals surface area contributed by atoms with Gasteiger partial charge in [0.25, 0.3) is 5.91 Å². The lowest BCUT2D eigenvalue weighted by molar-refractivity contribution is 0.0925. The van der Waals surface area contributed by atoms with Gasteiger partial charge in [0.1, 0.15) is 0 Å². The SMILES string of the molecule is Cc1cc(C(=O)NC[C@H](C)O)c2ccccc2n1. The summed E-state index contributed by atoms with van der Waals surface area (Å²) in [6, 6.07) is 9.30. The monoisotopic (exact) mass is 244 g/mol. The minimum absolute atomic E-state index is 0.183. The molecule has 2 aromatic rings. The Balaban J connectivity index is 2.40. The molecule has 1 heterocycles. The molecule has 0 spiro atoms. The quantitative estimate of drug-likeness (QED) is 0.863. The van der Waals surface area contributed by atoms with Crippen LogP contribution in [0.3, 0.4) is 0 Å². The van der Waals surface area contributed by atoms with Crippen LogP contribution in [0.25, 0.3) is 10.9 Å². The van der Waals surface area contributed by atoms with Gasteiger partial charge in [-0.15, -0.1) is 0 Å². The Bertz CT molecular complexity index is 579. The molecule has 0 aliphatic heterocycles. The molecule has 4 nitrogen and oxygen atoms in total. The summed E-state index contributed by atoms with van der Waals surface area (Å²) in [4.78, 5) is 16.4. The van der Waals surface area contributed by atoms with E-state index in [9.17, 15) is 9.90 Å². The molecule has 1 aromatic carbocycles. The van der Waals surface area contributed by atoms with Crippen molar-refractivity contribution in [1.29, 1.82) is 0 Å². The summed E-state index contributed by atoms with van der Waals surface area (Å²) >= 11 is 0. The Kier molecular flexibility index (Phi) is 3.58. The molecule has 18 heavy (non-hydrogen) atoms. The maximum absolute atomic E-state index is 12.1. The summed E-state index contributed by atoms with van der Waals surface area (Å²) in [5.74, 6) is -0.183. The largest absolute Gasteiger partial charge is 0.392 e. The minimum atomic E-state index is -0.553. The lowest BCUT2D eigenvalue weighted by atomic mass is 10.1. The Morgan fingerprint density at radius 3 is 2.89 bits per heavy atom. The van der Waals surface area contributed by atoms with Crippen LogP contribution >= 0.6 is 0 Å². The predicted octanol–water partition coefficient (Wildman–Crippen LogP) is 1.65. The van der Waals surface area contributed by atoms with Crippen LogP contribution in [0.2, 0.25) is 0 Å². The van der Waals surface area contributed by atoms with Crippen LogP contribution in [-0.2, 0) is 0 Å². The lowest BCUT2D eigenvalue weighted by Crippen LogP contribution is -2.30. The molecule has 1 atom stereocenters. The molecule has 0 aliphatic carbocycles. The van der Waals surface area contributed by atoms with E-state index in [1.54, 1.807) is 13.0 Å². The summed E-state index contributed by atoms with van der Waals surface area (Å²) in [5, 5.41) is 12.7. The number of benzene rings is 1. The van der Waals surface area contributed by atoms with Gasteiger partial charge in [-0.05, 0) is 26.0 Å². The van der Waals surface area contributed by atoms with Gasteiger partial charge in [0, 0.05) is 17.6 Å². The second-order valence-electron chi connectivity index (χ2n) is 4.39. The highest BCUT2D eigenvalue weighted by atomic mass is 16.3. The molecule has 0 fully saturated rings. The maximum Gasteiger partial charge on any atom is 0.252 e. The molecule has 0 bridgehead atoms. The molecular weight excluding hydrogens is 228 g/mol. The number of carbonyl (C=O) groups is 1. The standard InChI is InChI=1S/C14H16N2O2/c1-9-7-12(14(18)15-8-10(2)17)11-5-3-4-6-13(11)16-9/h3-7,10,17H,8H2,1-2H3,(H,15,18)/t10-/m0/s1. The number of pyridine rings is 1. The van der Waals surface area contributed by atoms with Crippen molar-refractivity contribution in [2.24, 2.45) is 0 Å². The number of aromatic nitrogens is 1. The predicted molar refractivity (Wildman–Crippen MR) is 70.5 cm³/mol. The van der Waals surface area contributed by atoms with Crippen LogP contribution in [-0.4, -0.2) is 28.6 Å². The van der Waals surface area contributed by atoms with Gasteiger partial charge in [-0.3, -0.25) is 9.78 Å². The first-order valence-corrected chi connectivity index (χ1v) is 5.90. The van der Waals surface area contributed by atoms with Crippen LogP contribution in [0.5, 0.6) is 0 Å². The Morgan fingerprint density at radius 2 is 2.17 bits per heavy atom. The highest BCUT2D eigenvalue weighted by Crippen LogP contribution is 2.17. The Hall–Kier alpha value is -1.94. The summed E-state index contributed by atoms with van der Waals surface area (Å²) in [6.45, 7) is 3.74. The first-order chi connectivity index (χ1) is 8.58. The van der Waals surface area contributed by atoms with Gasteiger partial charge in [0.15, 0.2) is 0 Å². The third kappa shape index (κ3) is 2.65. The van der Waals surface area contributed by atoms with E-state index in [2.05, 4.69) is 10.3 Å². The van der Waals surface area contributed by atoms with Crippen molar-refractivity contribution in [3.63, 3.8) is 0 Å². The molecule has 0 aliphatic rings. The average molecular weight is 244 g/mol. The number of nitrogens with zero attached hydrogens (tertiary/aromatic N) is 1. The number of aliphatic hydroxyl groups excluding tert-OH is 1. The van der Waals surface area contributed by atoms with Crippen molar-refractivity contribution < 1.29 is 9.90 Å². The molecule has 94 valence electrons. The van der Waals surface area contributed by atoms with Crippen molar-refractivity contribution >= 4 is 16.8 Å². The van der Waals surface area contributed by atoms with Gasteiger partial charge < -0.3 is 10.4 Å². The minimum Gasteiger partial charge on any atom is -0.392 e. The van der Waals surface area contributed by atoms with E-state index >= 15 is 0 Å². The molecule has 2 N–H and O–H groups in total. The van der Waals surface area contributed by atoms with E-state index in [0.29, 0.717) is 5.56 Å². The smallest absolute Gasteiger partial charge is 0.252 e. The van der Waals surface area contributed by atoms with Crippen LogP contribution in [0.4, 0.5) is 0 Å². The molecular formula is C14H16N2O2. The first kappa shape index (κ1) is 12.5. The number of carbonyl (C=O) groups excluding carboxylic acids is 1. The summed E-state index contributed by atoms with van der Waals surface area (Å²) in [7, 11) is 0. The van der Waals surface area contributed by atoms with E-state index < -0.39 is 6.10 Å². The van der Waals surface area contributed by atoms with E-state index in [1.165, 1.54) is 0 Å². The van der Waals surface area contributed by atoms with E-state index in [0.717, 1.165) is 16.6 Å². The third-order valence-corrected chi connectivity index (χ3v) is 2.65. The summed E-state index contributed by atoms with van der Waals surface area (Å²) in [6.07, 6.45) is -0.553. The van der Waals surface area contributed by atoms with Gasteiger partial charge in [0.2, 0.25) is 0 Å². The van der Waals surface area contributed by atoms with Crippen LogP contribution in [0.15, 0.2) is 30.3 Å². The molecule has 1 amide bonds. The molecule has 0 radical (unpaired) electrons. The molecule has 4 heteroatoms. The average Bonchev–Trinajstić information content (AvgIpc) is 2.34. The third-order valence-electron chi connectivity index (χ3n) is 2.65. The molecule has 1 aromatic heterocycles. The van der Waals surface area contributed by atoms with E-state index in [4.69, 9.17) is 0 Å². The summed E-state index contributed by atoms with van der Waals surface area (Å²) < 4.78 is 0. The fourth-order valence-corrected chi connectivity index (χ4v) is 1.83. The normalized spacial score (nSPS) is 12.4. The number of para-hydroxylation sites is 1. The van der Waals surface area contributed by atoms with Gasteiger partial charge in [-0.2, -0.15) is 0 Å². The second-order valence-corrected chi connectivity index (χ2v) is 4.39. The highest BCUT2D eigenvalue weighted by Gasteiger charge is 2.11. The zero-order valence-corrected chi connectivity index (χ0v) is 10.5. The number of rotatable bonds is 3. The Labute approximate surface area is 106 Å². The Morgan fingerprint density at radius 1 is 1.44 bits per heavy atom. The fraction of sp³-hybridized carbons (Fsp3) is 0.286. The number of aryl methyl sites for hydroxylation is 1. The van der Waals surface area contributed by atoms with Crippen molar-refractivity contribution in [3.8, 4) is 0 Å². The number of hydrogen-bond donors (Lipinski definition) is 2. The fourth-order valence-electron chi connectivity index (χ4n) is 1.83. The highest BCUT2D eigenvalue weighted by molar-refractivity contribution is 6.06. The topological polar surface area (TPSA) is 62.2 Å². The number of aliphatic hydroxyl groups is 1. The van der Waals surface area contributed by atoms with Crippen LogP contribution < -0.4 is 5.32 Å². The number of hydrogen-bond acceptors (Lipinski definition) is 3. The molecule has 0 unspecified atom stereocenters. The lowest BCUT2D eigenvalue weighted by Gasteiger charge is -2.10. The van der Waals surface area contributed by atoms with Gasteiger partial charge >= 0.3 is 0 Å². The van der Waals surface area contributed by atoms with Gasteiger partial charge in [0.05, 0.1) is 17.2 Å². The van der Waals surface area contributed by atoms with Crippen molar-refractivity contribution in [2.75, 3.05) is 6.54 Å². The van der Waals surface area contributed by atoms with Crippen LogP contribution in [0, 0.1) is 6.92 Å². The van der Waals surface area contributed by atoms with E-state index in [-0.39, 0.29) is 12.5 Å². The maximum atomic E-state index is 12.1. The molecule has 0 saturated heterocycles. The molecule has 0 saturated carbocycles. The molecule has 2 rings (SSSR count). The first-order valence-electron chi connectivity index (χ1n) is 5.90. The van der Waals surface area contributed by atoms with Crippen molar-refractivity contribution in [3.05, 3.63) is 41.6 Å². The van der Waals surface area contributed by atoms with Gasteiger partial charge in [-0.1, -0.05) is 18.2 Å². The number of nitrogens with one attached hydrogen (secondary N) is 1.